The van der Waals surface area contributed by atoms with Crippen LogP contribution in [0.25, 0.3) is 0 Å². The molecule has 0 amide bonds. The maximum absolute atomic E-state index is 7.62. The summed E-state index contributed by atoms with van der Waals surface area (Å²) in [7, 11) is 0. The van der Waals surface area contributed by atoms with Gasteiger partial charge in [-0.05, 0) is 60.1 Å². The molecule has 0 saturated heterocycles. The van der Waals surface area contributed by atoms with Crippen LogP contribution in [0.15, 0.2) is 48.5 Å². The predicted octanol–water partition coefficient (Wildman–Crippen LogP) is 4.85. The van der Waals surface area contributed by atoms with Crippen LogP contribution in [0.3, 0.4) is 0 Å². The Morgan fingerprint density at radius 3 is 1.20 bits per heavy atom. The van der Waals surface area contributed by atoms with Gasteiger partial charge in [0.2, 0.25) is 0 Å². The minimum Gasteiger partial charge on any atom is -0.457 e. The van der Waals surface area contributed by atoms with Gasteiger partial charge >= 0.3 is 0 Å². The Bertz CT molecular complexity index is 518. The van der Waals surface area contributed by atoms with E-state index in [9.17, 15) is 0 Å². The van der Waals surface area contributed by atoms with Gasteiger partial charge in [-0.2, -0.15) is 0 Å². The van der Waals surface area contributed by atoms with E-state index in [4.69, 9.17) is 14.9 Å². The smallest absolute Gasteiger partial charge is 0.127 e. The van der Waals surface area contributed by atoms with Gasteiger partial charge in [0, 0.05) is 0 Å². The Labute approximate surface area is 152 Å². The quantitative estimate of drug-likeness (QED) is 0.755. The summed E-state index contributed by atoms with van der Waals surface area (Å²) < 4.78 is 5.90. The molecule has 2 aromatic carbocycles. The molecule has 138 valence electrons. The molecule has 3 heteroatoms. The summed E-state index contributed by atoms with van der Waals surface area (Å²) in [6.45, 7) is 8.71. The molecule has 0 atom stereocenters. The van der Waals surface area contributed by atoms with Crippen LogP contribution in [0.5, 0.6) is 11.5 Å². The zero-order valence-electron chi connectivity index (χ0n) is 15.9. The van der Waals surface area contributed by atoms with Crippen LogP contribution in [0, 0.1) is 11.8 Å². The summed E-state index contributed by atoms with van der Waals surface area (Å²) >= 11 is 0. The summed E-state index contributed by atoms with van der Waals surface area (Å²) in [6, 6.07) is 16.8. The van der Waals surface area contributed by atoms with Gasteiger partial charge in [-0.25, -0.2) is 0 Å². The first-order valence-corrected chi connectivity index (χ1v) is 9.02. The molecule has 2 rings (SSSR count). The van der Waals surface area contributed by atoms with Crippen LogP contribution in [0.1, 0.15) is 38.8 Å². The van der Waals surface area contributed by atoms with Gasteiger partial charge in [-0.3, -0.25) is 0 Å². The van der Waals surface area contributed by atoms with E-state index in [0.717, 1.165) is 24.3 Å². The molecule has 3 nitrogen and oxygen atoms in total. The molecule has 0 heterocycles. The van der Waals surface area contributed by atoms with Crippen molar-refractivity contribution in [1.82, 2.24) is 0 Å². The van der Waals surface area contributed by atoms with Crippen LogP contribution in [-0.4, -0.2) is 23.4 Å². The number of hydrogen-bond donors (Lipinski definition) is 2. The molecule has 2 aromatic rings. The van der Waals surface area contributed by atoms with E-state index in [-0.39, 0.29) is 13.2 Å². The molecule has 0 spiro atoms. The standard InChI is InChI=1S/C20H26O.C2H6O2/c1-15(2)13-17-5-9-19(10-6-17)21-20-11-7-18(8-12-20)14-16(3)4;3-1-2-4/h5-12,15-16H,13-14H2,1-4H3;3-4H,1-2H2. The van der Waals surface area contributed by atoms with E-state index in [1.54, 1.807) is 0 Å². The fourth-order valence-electron chi connectivity index (χ4n) is 2.47. The van der Waals surface area contributed by atoms with Gasteiger partial charge in [0.05, 0.1) is 13.2 Å². The second kappa shape index (κ2) is 11.7. The molecule has 0 bridgehead atoms. The highest BCUT2D eigenvalue weighted by atomic mass is 16.5. The molecule has 0 saturated carbocycles. The van der Waals surface area contributed by atoms with E-state index >= 15 is 0 Å². The van der Waals surface area contributed by atoms with Crippen LogP contribution >= 0.6 is 0 Å². The molecule has 0 fully saturated rings. The first kappa shape index (κ1) is 21.2. The van der Waals surface area contributed by atoms with Crippen LogP contribution in [-0.2, 0) is 12.8 Å². The summed E-state index contributed by atoms with van der Waals surface area (Å²) in [5.41, 5.74) is 2.73. The molecular weight excluding hydrogens is 312 g/mol. The summed E-state index contributed by atoms with van der Waals surface area (Å²) in [6.07, 6.45) is 2.23. The Morgan fingerprint density at radius 1 is 0.640 bits per heavy atom. The lowest BCUT2D eigenvalue weighted by molar-refractivity contribution is 0.186. The van der Waals surface area contributed by atoms with Crippen molar-refractivity contribution in [3.63, 3.8) is 0 Å². The van der Waals surface area contributed by atoms with Crippen molar-refractivity contribution < 1.29 is 14.9 Å². The molecular formula is C22H32O3. The summed E-state index contributed by atoms with van der Waals surface area (Å²) in [4.78, 5) is 0. The predicted molar refractivity (Wildman–Crippen MR) is 104 cm³/mol. The first-order chi connectivity index (χ1) is 11.9. The maximum Gasteiger partial charge on any atom is 0.127 e. The third-order valence-corrected chi connectivity index (χ3v) is 3.47. The third kappa shape index (κ3) is 9.28. The van der Waals surface area contributed by atoms with Gasteiger partial charge in [0.15, 0.2) is 0 Å². The molecule has 0 aliphatic rings. The molecule has 0 aliphatic heterocycles. The lowest BCUT2D eigenvalue weighted by atomic mass is 10.0. The van der Waals surface area contributed by atoms with Gasteiger partial charge in [0.1, 0.15) is 11.5 Å². The van der Waals surface area contributed by atoms with E-state index in [2.05, 4.69) is 76.2 Å². The first-order valence-electron chi connectivity index (χ1n) is 9.02. The van der Waals surface area contributed by atoms with Gasteiger partial charge in [-0.15, -0.1) is 0 Å². The monoisotopic (exact) mass is 344 g/mol. The van der Waals surface area contributed by atoms with Crippen LogP contribution < -0.4 is 4.74 Å². The van der Waals surface area contributed by atoms with Crippen molar-refractivity contribution in [2.45, 2.75) is 40.5 Å². The Morgan fingerprint density at radius 2 is 0.960 bits per heavy atom. The second-order valence-corrected chi connectivity index (χ2v) is 7.03. The minimum absolute atomic E-state index is 0.125. The number of benzene rings is 2. The lowest BCUT2D eigenvalue weighted by Gasteiger charge is -2.09. The third-order valence-electron chi connectivity index (χ3n) is 3.47. The summed E-state index contributed by atoms with van der Waals surface area (Å²) in [5.74, 6) is 3.17. The molecule has 25 heavy (non-hydrogen) atoms. The fraction of sp³-hybridized carbons (Fsp3) is 0.455. The lowest BCUT2D eigenvalue weighted by Crippen LogP contribution is -1.94. The van der Waals surface area contributed by atoms with Crippen molar-refractivity contribution in [3.8, 4) is 11.5 Å². The van der Waals surface area contributed by atoms with Crippen molar-refractivity contribution in [2.24, 2.45) is 11.8 Å². The van der Waals surface area contributed by atoms with Gasteiger partial charge in [0.25, 0.3) is 0 Å². The molecule has 0 aliphatic carbocycles. The van der Waals surface area contributed by atoms with Crippen molar-refractivity contribution in [1.29, 1.82) is 0 Å². The number of aliphatic hydroxyl groups is 2. The average molecular weight is 344 g/mol. The van der Waals surface area contributed by atoms with E-state index < -0.39 is 0 Å². The number of ether oxygens (including phenoxy) is 1. The van der Waals surface area contributed by atoms with E-state index in [0.29, 0.717) is 11.8 Å². The zero-order valence-corrected chi connectivity index (χ0v) is 15.9. The van der Waals surface area contributed by atoms with E-state index in [1.807, 2.05) is 0 Å². The zero-order chi connectivity index (χ0) is 18.7. The number of aliphatic hydroxyl groups excluding tert-OH is 2. The summed E-state index contributed by atoms with van der Waals surface area (Å²) in [5, 5.41) is 15.2. The number of hydrogen-bond acceptors (Lipinski definition) is 3. The fourth-order valence-corrected chi connectivity index (χ4v) is 2.47. The highest BCUT2D eigenvalue weighted by molar-refractivity contribution is 5.34. The number of rotatable bonds is 7. The highest BCUT2D eigenvalue weighted by Crippen LogP contribution is 2.23. The molecule has 0 unspecified atom stereocenters. The van der Waals surface area contributed by atoms with Crippen molar-refractivity contribution in [3.05, 3.63) is 59.7 Å². The average Bonchev–Trinajstić information content (AvgIpc) is 2.58. The van der Waals surface area contributed by atoms with Gasteiger partial charge < -0.3 is 14.9 Å². The molecule has 2 N–H and O–H groups in total. The highest BCUT2D eigenvalue weighted by Gasteiger charge is 2.02. The Balaban J connectivity index is 0.000000705. The molecule has 0 radical (unpaired) electrons. The normalized spacial score (nSPS) is 10.6. The molecule has 0 aromatic heterocycles. The van der Waals surface area contributed by atoms with Gasteiger partial charge in [-0.1, -0.05) is 52.0 Å². The Hall–Kier alpha value is -1.84. The second-order valence-electron chi connectivity index (χ2n) is 7.03. The maximum atomic E-state index is 7.62. The Kier molecular flexibility index (Phi) is 9.90. The van der Waals surface area contributed by atoms with Crippen molar-refractivity contribution >= 4 is 0 Å². The van der Waals surface area contributed by atoms with Crippen molar-refractivity contribution in [2.75, 3.05) is 13.2 Å². The van der Waals surface area contributed by atoms with Crippen LogP contribution in [0.2, 0.25) is 0 Å². The van der Waals surface area contributed by atoms with E-state index in [1.165, 1.54) is 11.1 Å². The topological polar surface area (TPSA) is 49.7 Å². The SMILES string of the molecule is CC(C)Cc1ccc(Oc2ccc(CC(C)C)cc2)cc1.OCCO. The minimum atomic E-state index is -0.125. The largest absolute Gasteiger partial charge is 0.457 e. The van der Waals surface area contributed by atoms with Crippen LogP contribution in [0.4, 0.5) is 0 Å².